The normalized spacial score (nSPS) is 10.3. The average Bonchev–Trinajstić information content (AvgIpc) is 2.83. The molecule has 2 aromatic rings. The van der Waals surface area contributed by atoms with Gasteiger partial charge in [-0.3, -0.25) is 4.98 Å². The number of furan rings is 1. The van der Waals surface area contributed by atoms with E-state index < -0.39 is 0 Å². The smallest absolute Gasteiger partial charge is 0.142 e. The standard InChI is InChI=1S/C12H14N2O2/c13-8-10-3-5-14-9-12(10)16-7-4-11-2-1-6-15-11/h1-3,5-6,9H,4,7-8,13H2. The lowest BCUT2D eigenvalue weighted by atomic mass is 10.2. The van der Waals surface area contributed by atoms with Gasteiger partial charge in [0.05, 0.1) is 19.1 Å². The molecular weight excluding hydrogens is 204 g/mol. The largest absolute Gasteiger partial charge is 0.491 e. The molecule has 0 aliphatic rings. The predicted octanol–water partition coefficient (Wildman–Crippen LogP) is 1.75. The second-order valence-electron chi connectivity index (χ2n) is 3.37. The maximum absolute atomic E-state index is 5.60. The molecule has 0 spiro atoms. The van der Waals surface area contributed by atoms with Crippen molar-refractivity contribution < 1.29 is 9.15 Å². The number of aromatic nitrogens is 1. The summed E-state index contributed by atoms with van der Waals surface area (Å²) in [5.74, 6) is 1.66. The van der Waals surface area contributed by atoms with Crippen LogP contribution >= 0.6 is 0 Å². The highest BCUT2D eigenvalue weighted by Gasteiger charge is 2.02. The molecule has 2 aromatic heterocycles. The van der Waals surface area contributed by atoms with Crippen LogP contribution in [0.4, 0.5) is 0 Å². The molecule has 84 valence electrons. The topological polar surface area (TPSA) is 61.3 Å². The summed E-state index contributed by atoms with van der Waals surface area (Å²) in [6, 6.07) is 5.66. The van der Waals surface area contributed by atoms with Gasteiger partial charge in [-0.05, 0) is 18.2 Å². The fourth-order valence-electron chi connectivity index (χ4n) is 1.42. The lowest BCUT2D eigenvalue weighted by Crippen LogP contribution is -2.05. The fraction of sp³-hybridized carbons (Fsp3) is 0.250. The predicted molar refractivity (Wildman–Crippen MR) is 60.0 cm³/mol. The van der Waals surface area contributed by atoms with Gasteiger partial charge < -0.3 is 14.9 Å². The van der Waals surface area contributed by atoms with Crippen LogP contribution in [0.2, 0.25) is 0 Å². The van der Waals surface area contributed by atoms with E-state index in [4.69, 9.17) is 14.9 Å². The van der Waals surface area contributed by atoms with E-state index in [0.29, 0.717) is 13.2 Å². The first-order chi connectivity index (χ1) is 7.90. The second-order valence-corrected chi connectivity index (χ2v) is 3.37. The van der Waals surface area contributed by atoms with Crippen molar-refractivity contribution in [2.45, 2.75) is 13.0 Å². The van der Waals surface area contributed by atoms with Gasteiger partial charge in [0.1, 0.15) is 11.5 Å². The van der Waals surface area contributed by atoms with E-state index in [0.717, 1.165) is 23.5 Å². The number of pyridine rings is 1. The van der Waals surface area contributed by atoms with Gasteiger partial charge in [0, 0.05) is 24.7 Å². The van der Waals surface area contributed by atoms with Crippen molar-refractivity contribution in [2.75, 3.05) is 6.61 Å². The number of rotatable bonds is 5. The number of hydrogen-bond donors (Lipinski definition) is 1. The molecule has 0 aliphatic heterocycles. The van der Waals surface area contributed by atoms with Crippen LogP contribution in [0.15, 0.2) is 41.3 Å². The lowest BCUT2D eigenvalue weighted by molar-refractivity contribution is 0.305. The Bertz CT molecular complexity index is 426. The first-order valence-corrected chi connectivity index (χ1v) is 5.18. The van der Waals surface area contributed by atoms with Gasteiger partial charge in [-0.2, -0.15) is 0 Å². The minimum atomic E-state index is 0.457. The third-order valence-electron chi connectivity index (χ3n) is 2.28. The SMILES string of the molecule is NCc1ccncc1OCCc1ccco1. The third kappa shape index (κ3) is 2.61. The van der Waals surface area contributed by atoms with E-state index in [9.17, 15) is 0 Å². The Labute approximate surface area is 94.1 Å². The minimum Gasteiger partial charge on any atom is -0.491 e. The van der Waals surface area contributed by atoms with E-state index in [-0.39, 0.29) is 0 Å². The van der Waals surface area contributed by atoms with Crippen molar-refractivity contribution >= 4 is 0 Å². The molecule has 2 heterocycles. The number of ether oxygens (including phenoxy) is 1. The van der Waals surface area contributed by atoms with E-state index >= 15 is 0 Å². The first-order valence-electron chi connectivity index (χ1n) is 5.18. The summed E-state index contributed by atoms with van der Waals surface area (Å²) in [5.41, 5.74) is 6.56. The van der Waals surface area contributed by atoms with Gasteiger partial charge >= 0.3 is 0 Å². The number of hydrogen-bond acceptors (Lipinski definition) is 4. The van der Waals surface area contributed by atoms with Crippen LogP contribution in [-0.4, -0.2) is 11.6 Å². The van der Waals surface area contributed by atoms with Gasteiger partial charge in [0.15, 0.2) is 0 Å². The van der Waals surface area contributed by atoms with Crippen LogP contribution in [0.5, 0.6) is 5.75 Å². The average molecular weight is 218 g/mol. The number of nitrogens with zero attached hydrogens (tertiary/aromatic N) is 1. The van der Waals surface area contributed by atoms with Crippen LogP contribution in [0, 0.1) is 0 Å². The van der Waals surface area contributed by atoms with Crippen LogP contribution in [0.1, 0.15) is 11.3 Å². The van der Waals surface area contributed by atoms with Crippen LogP contribution in [-0.2, 0) is 13.0 Å². The molecule has 0 unspecified atom stereocenters. The van der Waals surface area contributed by atoms with Crippen LogP contribution in [0.3, 0.4) is 0 Å². The summed E-state index contributed by atoms with van der Waals surface area (Å²) in [6.45, 7) is 1.02. The van der Waals surface area contributed by atoms with Gasteiger partial charge in [-0.25, -0.2) is 0 Å². The van der Waals surface area contributed by atoms with Crippen LogP contribution in [0.25, 0.3) is 0 Å². The molecule has 0 saturated carbocycles. The molecule has 2 N–H and O–H groups in total. The highest BCUT2D eigenvalue weighted by Crippen LogP contribution is 2.15. The number of nitrogens with two attached hydrogens (primary N) is 1. The van der Waals surface area contributed by atoms with Crippen molar-refractivity contribution in [3.05, 3.63) is 48.2 Å². The molecule has 0 aliphatic carbocycles. The van der Waals surface area contributed by atoms with Crippen LogP contribution < -0.4 is 10.5 Å². The van der Waals surface area contributed by atoms with E-state index in [1.807, 2.05) is 18.2 Å². The Morgan fingerprint density at radius 3 is 3.06 bits per heavy atom. The Morgan fingerprint density at radius 1 is 1.38 bits per heavy atom. The monoisotopic (exact) mass is 218 g/mol. The molecule has 2 rings (SSSR count). The zero-order valence-electron chi connectivity index (χ0n) is 8.93. The molecule has 4 nitrogen and oxygen atoms in total. The van der Waals surface area contributed by atoms with E-state index in [1.165, 1.54) is 0 Å². The van der Waals surface area contributed by atoms with Crippen molar-refractivity contribution in [3.63, 3.8) is 0 Å². The van der Waals surface area contributed by atoms with Gasteiger partial charge in [-0.1, -0.05) is 0 Å². The van der Waals surface area contributed by atoms with E-state index in [2.05, 4.69) is 4.98 Å². The Hall–Kier alpha value is -1.81. The zero-order chi connectivity index (χ0) is 11.2. The van der Waals surface area contributed by atoms with Gasteiger partial charge in [0.25, 0.3) is 0 Å². The summed E-state index contributed by atoms with van der Waals surface area (Å²) in [7, 11) is 0. The van der Waals surface area contributed by atoms with Crippen molar-refractivity contribution in [3.8, 4) is 5.75 Å². The van der Waals surface area contributed by atoms with Gasteiger partial charge in [-0.15, -0.1) is 0 Å². The Kier molecular flexibility index (Phi) is 3.56. The zero-order valence-corrected chi connectivity index (χ0v) is 8.93. The summed E-state index contributed by atoms with van der Waals surface area (Å²) >= 11 is 0. The summed E-state index contributed by atoms with van der Waals surface area (Å²) in [4.78, 5) is 4.00. The molecule has 0 atom stereocenters. The highest BCUT2D eigenvalue weighted by atomic mass is 16.5. The Morgan fingerprint density at radius 2 is 2.31 bits per heavy atom. The molecule has 0 saturated heterocycles. The van der Waals surface area contributed by atoms with Crippen molar-refractivity contribution in [1.29, 1.82) is 0 Å². The molecule has 0 bridgehead atoms. The lowest BCUT2D eigenvalue weighted by Gasteiger charge is -2.08. The molecule has 16 heavy (non-hydrogen) atoms. The maximum Gasteiger partial charge on any atom is 0.142 e. The summed E-state index contributed by atoms with van der Waals surface area (Å²) < 4.78 is 10.8. The highest BCUT2D eigenvalue weighted by molar-refractivity contribution is 5.29. The molecule has 4 heteroatoms. The van der Waals surface area contributed by atoms with Gasteiger partial charge in [0.2, 0.25) is 0 Å². The first kappa shape index (κ1) is 10.7. The van der Waals surface area contributed by atoms with E-state index in [1.54, 1.807) is 18.7 Å². The molecule has 0 amide bonds. The van der Waals surface area contributed by atoms with Crippen molar-refractivity contribution in [1.82, 2.24) is 4.98 Å². The Balaban J connectivity index is 1.89. The summed E-state index contributed by atoms with van der Waals surface area (Å²) in [5, 5.41) is 0. The summed E-state index contributed by atoms with van der Waals surface area (Å²) in [6.07, 6.45) is 5.79. The fourth-order valence-corrected chi connectivity index (χ4v) is 1.42. The quantitative estimate of drug-likeness (QED) is 0.830. The minimum absolute atomic E-state index is 0.457. The second kappa shape index (κ2) is 5.32. The third-order valence-corrected chi connectivity index (χ3v) is 2.28. The molecule has 0 radical (unpaired) electrons. The molecule has 0 aromatic carbocycles. The molecular formula is C12H14N2O2. The molecule has 0 fully saturated rings. The van der Waals surface area contributed by atoms with Crippen molar-refractivity contribution in [2.24, 2.45) is 5.73 Å². The maximum atomic E-state index is 5.60.